The molecule has 1 amide bonds. The van der Waals surface area contributed by atoms with Gasteiger partial charge in [0.05, 0.1) is 24.3 Å². The van der Waals surface area contributed by atoms with Gasteiger partial charge in [-0.1, -0.05) is 36.4 Å². The molecule has 0 radical (unpaired) electrons. The first-order valence-electron chi connectivity index (χ1n) is 7.52. The van der Waals surface area contributed by atoms with Crippen molar-refractivity contribution >= 4 is 17.2 Å². The van der Waals surface area contributed by atoms with Gasteiger partial charge in [-0.3, -0.25) is 9.48 Å². The number of thiophene rings is 1. The Balaban J connectivity index is 1.71. The minimum atomic E-state index is -0.00906. The predicted octanol–water partition coefficient (Wildman–Crippen LogP) is 3.83. The summed E-state index contributed by atoms with van der Waals surface area (Å²) in [5.74, 6) is -0.00906. The van der Waals surface area contributed by atoms with Crippen LogP contribution in [0, 0.1) is 0 Å². The zero-order valence-corrected chi connectivity index (χ0v) is 14.0. The number of amides is 1. The monoisotopic (exact) mass is 325 g/mol. The van der Waals surface area contributed by atoms with E-state index in [1.54, 1.807) is 27.1 Å². The lowest BCUT2D eigenvalue weighted by molar-refractivity contribution is 0.0745. The highest BCUT2D eigenvalue weighted by molar-refractivity contribution is 7.10. The van der Waals surface area contributed by atoms with E-state index < -0.39 is 0 Å². The van der Waals surface area contributed by atoms with Crippen LogP contribution in [0.15, 0.2) is 60.2 Å². The van der Waals surface area contributed by atoms with Crippen molar-refractivity contribution in [1.29, 1.82) is 0 Å². The molecule has 0 saturated heterocycles. The molecule has 1 unspecified atom stereocenters. The largest absolute Gasteiger partial charge is 0.334 e. The maximum Gasteiger partial charge on any atom is 0.257 e. The minimum Gasteiger partial charge on any atom is -0.334 e. The Kier molecular flexibility index (Phi) is 4.57. The molecule has 0 saturated carbocycles. The molecule has 3 rings (SSSR count). The van der Waals surface area contributed by atoms with Crippen molar-refractivity contribution in [3.05, 3.63) is 76.2 Å². The molecule has 0 aliphatic rings. The van der Waals surface area contributed by atoms with Gasteiger partial charge in [0.25, 0.3) is 5.91 Å². The van der Waals surface area contributed by atoms with E-state index in [9.17, 15) is 4.79 Å². The van der Waals surface area contributed by atoms with Gasteiger partial charge in [-0.05, 0) is 23.9 Å². The summed E-state index contributed by atoms with van der Waals surface area (Å²) in [6, 6.07) is 14.2. The molecular weight excluding hydrogens is 306 g/mol. The van der Waals surface area contributed by atoms with Crippen LogP contribution in [0.25, 0.3) is 0 Å². The number of nitrogens with zero attached hydrogens (tertiary/aromatic N) is 3. The van der Waals surface area contributed by atoms with E-state index in [0.29, 0.717) is 12.1 Å². The second-order valence-corrected chi connectivity index (χ2v) is 6.50. The second-order valence-electron chi connectivity index (χ2n) is 5.52. The fourth-order valence-corrected chi connectivity index (χ4v) is 3.26. The maximum absolute atomic E-state index is 12.6. The summed E-state index contributed by atoms with van der Waals surface area (Å²) < 4.78 is 1.80. The van der Waals surface area contributed by atoms with Crippen LogP contribution in [-0.4, -0.2) is 27.6 Å². The smallest absolute Gasteiger partial charge is 0.257 e. The van der Waals surface area contributed by atoms with E-state index in [1.807, 2.05) is 61.9 Å². The van der Waals surface area contributed by atoms with Crippen LogP contribution in [0.1, 0.15) is 33.8 Å². The van der Waals surface area contributed by atoms with E-state index in [0.717, 1.165) is 5.56 Å². The van der Waals surface area contributed by atoms with E-state index >= 15 is 0 Å². The molecule has 5 heteroatoms. The molecule has 2 heterocycles. The first-order chi connectivity index (χ1) is 11.1. The van der Waals surface area contributed by atoms with E-state index in [-0.39, 0.29) is 11.9 Å². The fraction of sp³-hybridized carbons (Fsp3) is 0.222. The van der Waals surface area contributed by atoms with Crippen molar-refractivity contribution in [2.75, 3.05) is 7.05 Å². The number of benzene rings is 1. The van der Waals surface area contributed by atoms with Gasteiger partial charge in [-0.2, -0.15) is 5.10 Å². The number of hydrogen-bond donors (Lipinski definition) is 0. The van der Waals surface area contributed by atoms with Crippen LogP contribution < -0.4 is 0 Å². The van der Waals surface area contributed by atoms with Crippen LogP contribution in [0.5, 0.6) is 0 Å². The molecular formula is C18H19N3OS. The summed E-state index contributed by atoms with van der Waals surface area (Å²) in [5, 5.41) is 6.34. The molecule has 0 bridgehead atoms. The molecule has 0 aliphatic carbocycles. The number of rotatable bonds is 5. The third kappa shape index (κ3) is 3.51. The summed E-state index contributed by atoms with van der Waals surface area (Å²) in [5.41, 5.74) is 1.78. The van der Waals surface area contributed by atoms with Crippen LogP contribution >= 0.6 is 11.3 Å². The van der Waals surface area contributed by atoms with Crippen molar-refractivity contribution in [2.45, 2.75) is 19.5 Å². The summed E-state index contributed by atoms with van der Waals surface area (Å²) in [7, 11) is 1.83. The Labute approximate surface area is 140 Å². The van der Waals surface area contributed by atoms with Crippen LogP contribution in [-0.2, 0) is 6.54 Å². The maximum atomic E-state index is 12.6. The van der Waals surface area contributed by atoms with Gasteiger partial charge in [0.1, 0.15) is 0 Å². The standard InChI is InChI=1S/C18H19N3OS/c1-14(17-9-6-10-23-17)20(2)18(22)16-11-19-21(13-16)12-15-7-4-3-5-8-15/h3-11,13-14H,12H2,1-2H3. The summed E-state index contributed by atoms with van der Waals surface area (Å²) >= 11 is 1.66. The number of aromatic nitrogens is 2. The van der Waals surface area contributed by atoms with E-state index in [2.05, 4.69) is 11.2 Å². The molecule has 23 heavy (non-hydrogen) atoms. The van der Waals surface area contributed by atoms with Gasteiger partial charge < -0.3 is 4.90 Å². The van der Waals surface area contributed by atoms with Gasteiger partial charge in [0.2, 0.25) is 0 Å². The average Bonchev–Trinajstić information content (AvgIpc) is 3.25. The van der Waals surface area contributed by atoms with Gasteiger partial charge in [-0.15, -0.1) is 11.3 Å². The van der Waals surface area contributed by atoms with Crippen LogP contribution in [0.4, 0.5) is 0 Å². The summed E-state index contributed by atoms with van der Waals surface area (Å²) in [4.78, 5) is 15.6. The molecule has 1 aromatic carbocycles. The zero-order valence-electron chi connectivity index (χ0n) is 13.2. The minimum absolute atomic E-state index is 0.00906. The van der Waals surface area contributed by atoms with Crippen molar-refractivity contribution < 1.29 is 4.79 Å². The fourth-order valence-electron chi connectivity index (χ4n) is 2.43. The number of hydrogen-bond acceptors (Lipinski definition) is 3. The molecule has 1 atom stereocenters. The Morgan fingerprint density at radius 3 is 2.74 bits per heavy atom. The van der Waals surface area contributed by atoms with Crippen LogP contribution in [0.2, 0.25) is 0 Å². The van der Waals surface area contributed by atoms with E-state index in [4.69, 9.17) is 0 Å². The molecule has 2 aromatic heterocycles. The van der Waals surface area contributed by atoms with Gasteiger partial charge in [0, 0.05) is 18.1 Å². The zero-order chi connectivity index (χ0) is 16.2. The summed E-state index contributed by atoms with van der Waals surface area (Å²) in [6.45, 7) is 2.70. The predicted molar refractivity (Wildman–Crippen MR) is 92.6 cm³/mol. The highest BCUT2D eigenvalue weighted by Gasteiger charge is 2.20. The molecule has 4 nitrogen and oxygen atoms in total. The Morgan fingerprint density at radius 1 is 1.26 bits per heavy atom. The average molecular weight is 325 g/mol. The van der Waals surface area contributed by atoms with Crippen molar-refractivity contribution in [2.24, 2.45) is 0 Å². The quantitative estimate of drug-likeness (QED) is 0.715. The van der Waals surface area contributed by atoms with Gasteiger partial charge in [-0.25, -0.2) is 0 Å². The molecule has 0 aliphatic heterocycles. The number of carbonyl (C=O) groups excluding carboxylic acids is 1. The molecule has 0 N–H and O–H groups in total. The lowest BCUT2D eigenvalue weighted by Crippen LogP contribution is -2.28. The van der Waals surface area contributed by atoms with Crippen molar-refractivity contribution in [1.82, 2.24) is 14.7 Å². The first-order valence-corrected chi connectivity index (χ1v) is 8.40. The molecule has 3 aromatic rings. The van der Waals surface area contributed by atoms with Gasteiger partial charge in [0.15, 0.2) is 0 Å². The van der Waals surface area contributed by atoms with E-state index in [1.165, 1.54) is 4.88 Å². The lowest BCUT2D eigenvalue weighted by atomic mass is 10.2. The Bertz CT molecular complexity index is 765. The van der Waals surface area contributed by atoms with Crippen LogP contribution in [0.3, 0.4) is 0 Å². The second kappa shape index (κ2) is 6.79. The topological polar surface area (TPSA) is 38.1 Å². The summed E-state index contributed by atoms with van der Waals surface area (Å²) in [6.07, 6.45) is 3.45. The van der Waals surface area contributed by atoms with Crippen molar-refractivity contribution in [3.63, 3.8) is 0 Å². The highest BCUT2D eigenvalue weighted by atomic mass is 32.1. The van der Waals surface area contributed by atoms with Crippen molar-refractivity contribution in [3.8, 4) is 0 Å². The third-order valence-electron chi connectivity index (χ3n) is 3.92. The third-order valence-corrected chi connectivity index (χ3v) is 4.97. The Morgan fingerprint density at radius 2 is 2.04 bits per heavy atom. The normalized spacial score (nSPS) is 12.1. The first kappa shape index (κ1) is 15.5. The van der Waals surface area contributed by atoms with Gasteiger partial charge >= 0.3 is 0 Å². The lowest BCUT2D eigenvalue weighted by Gasteiger charge is -2.23. The highest BCUT2D eigenvalue weighted by Crippen LogP contribution is 2.24. The molecule has 118 valence electrons. The molecule has 0 fully saturated rings. The Hall–Kier alpha value is -2.40. The SMILES string of the molecule is CC(c1cccs1)N(C)C(=O)c1cnn(Cc2ccccc2)c1. The number of carbonyl (C=O) groups is 1. The molecule has 0 spiro atoms.